The lowest BCUT2D eigenvalue weighted by molar-refractivity contribution is 0.0744. The molecule has 1 heterocycles. The summed E-state index contributed by atoms with van der Waals surface area (Å²) in [7, 11) is 0. The fourth-order valence-electron chi connectivity index (χ4n) is 3.13. The zero-order valence-corrected chi connectivity index (χ0v) is 19.3. The first-order valence-corrected chi connectivity index (χ1v) is 9.75. The van der Waals surface area contributed by atoms with Gasteiger partial charge in [0.25, 0.3) is 6.43 Å². The van der Waals surface area contributed by atoms with Gasteiger partial charge in [-0.2, -0.15) is 0 Å². The van der Waals surface area contributed by atoms with Crippen molar-refractivity contribution >= 4 is 29.9 Å². The Morgan fingerprint density at radius 1 is 1.29 bits per heavy atom. The number of aryl methyl sites for hydroxylation is 1. The van der Waals surface area contributed by atoms with Gasteiger partial charge in [-0.05, 0) is 45.2 Å². The average Bonchev–Trinajstić information content (AvgIpc) is 2.63. The summed E-state index contributed by atoms with van der Waals surface area (Å²) in [4.78, 5) is 6.46. The maximum absolute atomic E-state index is 12.5. The van der Waals surface area contributed by atoms with Crippen LogP contribution in [0, 0.1) is 6.92 Å². The van der Waals surface area contributed by atoms with E-state index in [1.807, 2.05) is 49.9 Å². The number of para-hydroxylation sites is 1. The van der Waals surface area contributed by atoms with E-state index in [-0.39, 0.29) is 42.7 Å². The van der Waals surface area contributed by atoms with Crippen molar-refractivity contribution in [1.82, 2.24) is 15.5 Å². The van der Waals surface area contributed by atoms with E-state index in [0.717, 1.165) is 36.7 Å². The van der Waals surface area contributed by atoms with Gasteiger partial charge in [0.05, 0.1) is 13.1 Å². The number of hydrogen-bond donors (Lipinski definition) is 2. The van der Waals surface area contributed by atoms with Crippen LogP contribution in [0.4, 0.5) is 8.78 Å². The van der Waals surface area contributed by atoms with Gasteiger partial charge in [0, 0.05) is 25.7 Å². The van der Waals surface area contributed by atoms with Crippen LogP contribution >= 0.6 is 24.0 Å². The van der Waals surface area contributed by atoms with Crippen molar-refractivity contribution in [1.29, 1.82) is 0 Å². The molecule has 1 aliphatic heterocycles. The lowest BCUT2D eigenvalue weighted by atomic mass is 10.1. The molecular formula is C20H33F2IN4O. The molecule has 1 fully saturated rings. The number of nitrogens with one attached hydrogen (secondary N) is 2. The molecule has 0 aliphatic carbocycles. The number of hydrogen-bond acceptors (Lipinski definition) is 3. The molecule has 0 spiro atoms. The average molecular weight is 510 g/mol. The molecule has 1 aromatic rings. The van der Waals surface area contributed by atoms with Gasteiger partial charge >= 0.3 is 0 Å². The van der Waals surface area contributed by atoms with E-state index in [1.165, 1.54) is 0 Å². The van der Waals surface area contributed by atoms with Crippen LogP contribution in [0.3, 0.4) is 0 Å². The number of benzene rings is 1. The molecule has 0 aromatic heterocycles. The predicted molar refractivity (Wildman–Crippen MR) is 121 cm³/mol. The number of guanidine groups is 1. The summed E-state index contributed by atoms with van der Waals surface area (Å²) in [5.74, 6) is 1.63. The van der Waals surface area contributed by atoms with Gasteiger partial charge in [-0.15, -0.1) is 24.0 Å². The number of rotatable bonds is 8. The minimum absolute atomic E-state index is 0. The number of halogens is 3. The highest BCUT2D eigenvalue weighted by molar-refractivity contribution is 14.0. The van der Waals surface area contributed by atoms with E-state index in [1.54, 1.807) is 0 Å². The SMILES string of the molecule is CCNC(=NCC(C)Oc1ccccc1C)NC1CCN(CC(F)F)CC1.I. The van der Waals surface area contributed by atoms with Gasteiger partial charge in [-0.3, -0.25) is 4.90 Å². The first kappa shape index (κ1) is 24.9. The van der Waals surface area contributed by atoms with Crippen molar-refractivity contribution in [2.75, 3.05) is 32.7 Å². The minimum atomic E-state index is -2.26. The first-order valence-electron chi connectivity index (χ1n) is 9.75. The third-order valence-electron chi connectivity index (χ3n) is 4.60. The van der Waals surface area contributed by atoms with Crippen molar-refractivity contribution < 1.29 is 13.5 Å². The molecule has 2 N–H and O–H groups in total. The Kier molecular flexibility index (Phi) is 11.7. The molecule has 0 amide bonds. The second-order valence-electron chi connectivity index (χ2n) is 7.02. The molecule has 0 bridgehead atoms. The number of nitrogens with zero attached hydrogens (tertiary/aromatic N) is 2. The second kappa shape index (κ2) is 13.1. The molecule has 1 aliphatic rings. The maximum Gasteiger partial charge on any atom is 0.251 e. The number of ether oxygens (including phenoxy) is 1. The summed E-state index contributed by atoms with van der Waals surface area (Å²) < 4.78 is 30.9. The largest absolute Gasteiger partial charge is 0.489 e. The van der Waals surface area contributed by atoms with Gasteiger partial charge in [0.15, 0.2) is 5.96 Å². The highest BCUT2D eigenvalue weighted by Crippen LogP contribution is 2.18. The van der Waals surface area contributed by atoms with E-state index in [9.17, 15) is 8.78 Å². The third kappa shape index (κ3) is 8.89. The Bertz CT molecular complexity index is 595. The molecule has 0 saturated carbocycles. The molecule has 1 saturated heterocycles. The summed E-state index contributed by atoms with van der Waals surface area (Å²) in [5.41, 5.74) is 1.11. The Labute approximate surface area is 184 Å². The first-order chi connectivity index (χ1) is 13.0. The highest BCUT2D eigenvalue weighted by Gasteiger charge is 2.22. The van der Waals surface area contributed by atoms with Crippen molar-refractivity contribution in [2.45, 2.75) is 52.2 Å². The monoisotopic (exact) mass is 510 g/mol. The molecular weight excluding hydrogens is 477 g/mol. The summed E-state index contributed by atoms with van der Waals surface area (Å²) in [6, 6.07) is 8.20. The molecule has 8 heteroatoms. The third-order valence-corrected chi connectivity index (χ3v) is 4.60. The zero-order valence-electron chi connectivity index (χ0n) is 17.0. The predicted octanol–water partition coefficient (Wildman–Crippen LogP) is 3.66. The Morgan fingerprint density at radius 2 is 1.96 bits per heavy atom. The topological polar surface area (TPSA) is 48.9 Å². The van der Waals surface area contributed by atoms with E-state index in [0.29, 0.717) is 19.6 Å². The van der Waals surface area contributed by atoms with Gasteiger partial charge < -0.3 is 15.4 Å². The summed E-state index contributed by atoms with van der Waals surface area (Å²) in [6.45, 7) is 8.60. The number of piperidine rings is 1. The van der Waals surface area contributed by atoms with E-state index in [4.69, 9.17) is 4.74 Å². The van der Waals surface area contributed by atoms with E-state index in [2.05, 4.69) is 15.6 Å². The molecule has 1 atom stereocenters. The Hall–Kier alpha value is -1.16. The lowest BCUT2D eigenvalue weighted by Crippen LogP contribution is -2.49. The maximum atomic E-state index is 12.5. The molecule has 2 rings (SSSR count). The smallest absolute Gasteiger partial charge is 0.251 e. The van der Waals surface area contributed by atoms with E-state index < -0.39 is 6.43 Å². The van der Waals surface area contributed by atoms with Crippen LogP contribution < -0.4 is 15.4 Å². The fraction of sp³-hybridized carbons (Fsp3) is 0.650. The molecule has 1 aromatic carbocycles. The number of alkyl halides is 2. The summed E-state index contributed by atoms with van der Waals surface area (Å²) in [5, 5.41) is 6.68. The van der Waals surface area contributed by atoms with Gasteiger partial charge in [-0.25, -0.2) is 13.8 Å². The van der Waals surface area contributed by atoms with Crippen molar-refractivity contribution in [3.63, 3.8) is 0 Å². The second-order valence-corrected chi connectivity index (χ2v) is 7.02. The summed E-state index contributed by atoms with van der Waals surface area (Å²) >= 11 is 0. The van der Waals surface area contributed by atoms with Crippen LogP contribution in [0.25, 0.3) is 0 Å². The number of likely N-dealkylation sites (tertiary alicyclic amines) is 1. The van der Waals surface area contributed by atoms with Crippen LogP contribution in [0.2, 0.25) is 0 Å². The van der Waals surface area contributed by atoms with Crippen LogP contribution in [0.5, 0.6) is 5.75 Å². The highest BCUT2D eigenvalue weighted by atomic mass is 127. The molecule has 0 radical (unpaired) electrons. The zero-order chi connectivity index (χ0) is 19.6. The van der Waals surface area contributed by atoms with Gasteiger partial charge in [0.2, 0.25) is 0 Å². The van der Waals surface area contributed by atoms with Crippen molar-refractivity contribution in [3.05, 3.63) is 29.8 Å². The standard InChI is InChI=1S/C20H32F2N4O.HI/c1-4-23-20(25-17-9-11-26(12-10-17)14-19(21)22)24-13-16(3)27-18-8-6-5-7-15(18)2;/h5-8,16-17,19H,4,9-14H2,1-3H3,(H2,23,24,25);1H. The van der Waals surface area contributed by atoms with Gasteiger partial charge in [-0.1, -0.05) is 18.2 Å². The Morgan fingerprint density at radius 3 is 2.57 bits per heavy atom. The molecule has 5 nitrogen and oxygen atoms in total. The van der Waals surface area contributed by atoms with Crippen LogP contribution in [0.15, 0.2) is 29.3 Å². The van der Waals surface area contributed by atoms with Gasteiger partial charge in [0.1, 0.15) is 11.9 Å². The number of aliphatic imine (C=N–C) groups is 1. The quantitative estimate of drug-likeness (QED) is 0.319. The minimum Gasteiger partial charge on any atom is -0.489 e. The molecule has 160 valence electrons. The lowest BCUT2D eigenvalue weighted by Gasteiger charge is -2.32. The van der Waals surface area contributed by atoms with Crippen LogP contribution in [0.1, 0.15) is 32.3 Å². The summed E-state index contributed by atoms with van der Waals surface area (Å²) in [6.07, 6.45) is -0.628. The van der Waals surface area contributed by atoms with Crippen molar-refractivity contribution in [3.8, 4) is 5.75 Å². The molecule has 1 unspecified atom stereocenters. The van der Waals surface area contributed by atoms with Crippen molar-refractivity contribution in [2.24, 2.45) is 4.99 Å². The van der Waals surface area contributed by atoms with E-state index >= 15 is 0 Å². The Balaban J connectivity index is 0.00000392. The van der Waals surface area contributed by atoms with Crippen LogP contribution in [-0.2, 0) is 0 Å². The fourth-order valence-corrected chi connectivity index (χ4v) is 3.13. The van der Waals surface area contributed by atoms with Crippen LogP contribution in [-0.4, -0.2) is 62.2 Å². The molecule has 28 heavy (non-hydrogen) atoms. The normalized spacial score (nSPS) is 17.1.